The number of halogens is 4. The summed E-state index contributed by atoms with van der Waals surface area (Å²) < 4.78 is 56.2. The van der Waals surface area contributed by atoms with Crippen molar-refractivity contribution in [3.63, 3.8) is 0 Å². The van der Waals surface area contributed by atoms with E-state index in [2.05, 4.69) is 10.1 Å². The summed E-state index contributed by atoms with van der Waals surface area (Å²) in [5, 5.41) is 4.13. The summed E-state index contributed by atoms with van der Waals surface area (Å²) in [4.78, 5) is 18.3. The lowest BCUT2D eigenvalue weighted by Gasteiger charge is -2.11. The summed E-state index contributed by atoms with van der Waals surface area (Å²) in [6.07, 6.45) is -1.60. The summed E-state index contributed by atoms with van der Waals surface area (Å²) >= 11 is 1.29. The van der Waals surface area contributed by atoms with Gasteiger partial charge in [0.15, 0.2) is 4.96 Å². The van der Waals surface area contributed by atoms with Gasteiger partial charge in [0.1, 0.15) is 5.82 Å². The van der Waals surface area contributed by atoms with Crippen molar-refractivity contribution in [2.24, 2.45) is 0 Å². The Hall–Kier alpha value is -3.01. The SMILES string of the molecule is Cc1sc2nc(Cc3cccc(C(F)(F)F)c3F)cc(=O)n2c1Cn1cccn1. The highest BCUT2D eigenvalue weighted by Crippen LogP contribution is 2.33. The van der Waals surface area contributed by atoms with E-state index < -0.39 is 17.6 Å². The highest BCUT2D eigenvalue weighted by atomic mass is 32.1. The molecule has 0 fully saturated rings. The smallest absolute Gasteiger partial charge is 0.269 e. The second-order valence-corrected chi connectivity index (χ2v) is 7.65. The number of aromatic nitrogens is 4. The van der Waals surface area contributed by atoms with Crippen LogP contribution < -0.4 is 5.56 Å². The van der Waals surface area contributed by atoms with Crippen molar-refractivity contribution in [1.82, 2.24) is 19.2 Å². The van der Waals surface area contributed by atoms with Crippen molar-refractivity contribution in [3.8, 4) is 0 Å². The number of hydrogen-bond donors (Lipinski definition) is 0. The minimum Gasteiger partial charge on any atom is -0.269 e. The standard InChI is InChI=1S/C19H14F4N4OS/c1-11-15(10-26-7-3-6-24-26)27-16(28)9-13(25-18(27)29-11)8-12-4-2-5-14(17(12)20)19(21,22)23/h2-7,9H,8,10H2,1H3. The van der Waals surface area contributed by atoms with Crippen molar-refractivity contribution < 1.29 is 17.6 Å². The van der Waals surface area contributed by atoms with Gasteiger partial charge in [0.05, 0.1) is 23.5 Å². The van der Waals surface area contributed by atoms with Crippen molar-refractivity contribution in [2.45, 2.75) is 26.1 Å². The Bertz CT molecular complexity index is 1240. The molecule has 0 atom stereocenters. The third-order valence-electron chi connectivity index (χ3n) is 4.49. The Morgan fingerprint density at radius 3 is 2.69 bits per heavy atom. The first-order valence-electron chi connectivity index (χ1n) is 8.57. The molecule has 0 aliphatic heterocycles. The van der Waals surface area contributed by atoms with Gasteiger partial charge in [-0.2, -0.15) is 18.3 Å². The van der Waals surface area contributed by atoms with E-state index in [9.17, 15) is 22.4 Å². The van der Waals surface area contributed by atoms with Gasteiger partial charge in [-0.25, -0.2) is 9.37 Å². The summed E-state index contributed by atoms with van der Waals surface area (Å²) in [5.41, 5.74) is -0.936. The molecule has 1 aromatic carbocycles. The third kappa shape index (κ3) is 3.67. The molecular formula is C19H14F4N4OS. The lowest BCUT2D eigenvalue weighted by Crippen LogP contribution is -2.18. The molecule has 5 nitrogen and oxygen atoms in total. The number of hydrogen-bond acceptors (Lipinski definition) is 4. The third-order valence-corrected chi connectivity index (χ3v) is 5.49. The quantitative estimate of drug-likeness (QED) is 0.466. The molecule has 0 unspecified atom stereocenters. The summed E-state index contributed by atoms with van der Waals surface area (Å²) in [5.74, 6) is -1.34. The van der Waals surface area contributed by atoms with E-state index in [0.717, 1.165) is 16.6 Å². The van der Waals surface area contributed by atoms with Crippen LogP contribution in [-0.4, -0.2) is 19.2 Å². The topological polar surface area (TPSA) is 52.2 Å². The van der Waals surface area contributed by atoms with E-state index in [0.29, 0.717) is 17.6 Å². The first-order chi connectivity index (χ1) is 13.7. The summed E-state index contributed by atoms with van der Waals surface area (Å²) in [6, 6.07) is 6.09. The van der Waals surface area contributed by atoms with Crippen molar-refractivity contribution in [2.75, 3.05) is 0 Å². The molecule has 0 saturated carbocycles. The summed E-state index contributed by atoms with van der Waals surface area (Å²) in [7, 11) is 0. The number of thiazole rings is 1. The number of alkyl halides is 3. The van der Waals surface area contributed by atoms with Crippen LogP contribution in [-0.2, 0) is 19.1 Å². The van der Waals surface area contributed by atoms with Crippen LogP contribution in [0.25, 0.3) is 4.96 Å². The molecule has 3 aromatic heterocycles. The van der Waals surface area contributed by atoms with Gasteiger partial charge in [-0.1, -0.05) is 12.1 Å². The molecular weight excluding hydrogens is 408 g/mol. The Balaban J connectivity index is 1.73. The van der Waals surface area contributed by atoms with Crippen LogP contribution in [0.1, 0.15) is 27.4 Å². The first kappa shape index (κ1) is 19.3. The minimum absolute atomic E-state index is 0.166. The average Bonchev–Trinajstić information content (AvgIpc) is 3.24. The van der Waals surface area contributed by atoms with Crippen LogP contribution in [0.2, 0.25) is 0 Å². The van der Waals surface area contributed by atoms with E-state index in [1.165, 1.54) is 27.9 Å². The fourth-order valence-corrected chi connectivity index (χ4v) is 4.13. The minimum atomic E-state index is -4.79. The van der Waals surface area contributed by atoms with Gasteiger partial charge in [-0.15, -0.1) is 11.3 Å². The lowest BCUT2D eigenvalue weighted by atomic mass is 10.0. The molecule has 0 amide bonds. The van der Waals surface area contributed by atoms with Gasteiger partial charge < -0.3 is 0 Å². The van der Waals surface area contributed by atoms with Crippen molar-refractivity contribution in [3.05, 3.63) is 86.3 Å². The molecule has 4 aromatic rings. The van der Waals surface area contributed by atoms with Gasteiger partial charge in [-0.05, 0) is 24.6 Å². The zero-order valence-electron chi connectivity index (χ0n) is 15.1. The van der Waals surface area contributed by atoms with Crippen LogP contribution >= 0.6 is 11.3 Å². The van der Waals surface area contributed by atoms with Crippen molar-refractivity contribution >= 4 is 16.3 Å². The average molecular weight is 422 g/mol. The van der Waals surface area contributed by atoms with Crippen LogP contribution in [0.15, 0.2) is 47.5 Å². The molecule has 4 rings (SSSR count). The molecule has 0 aliphatic rings. The maximum absolute atomic E-state index is 14.3. The first-order valence-corrected chi connectivity index (χ1v) is 9.38. The van der Waals surface area contributed by atoms with E-state index in [-0.39, 0.29) is 23.2 Å². The molecule has 0 spiro atoms. The largest absolute Gasteiger partial charge is 0.419 e. The monoisotopic (exact) mass is 422 g/mol. The molecule has 0 bridgehead atoms. The fourth-order valence-electron chi connectivity index (χ4n) is 3.13. The van der Waals surface area contributed by atoms with E-state index in [1.807, 2.05) is 6.92 Å². The predicted octanol–water partition coefficient (Wildman–Crippen LogP) is 4.06. The molecule has 0 aliphatic carbocycles. The highest BCUT2D eigenvalue weighted by molar-refractivity contribution is 7.17. The molecule has 0 radical (unpaired) electrons. The van der Waals surface area contributed by atoms with Gasteiger partial charge in [0, 0.05) is 29.8 Å². The zero-order chi connectivity index (χ0) is 20.8. The fraction of sp³-hybridized carbons (Fsp3) is 0.211. The molecule has 0 N–H and O–H groups in total. The van der Waals surface area contributed by atoms with E-state index in [4.69, 9.17) is 0 Å². The zero-order valence-corrected chi connectivity index (χ0v) is 15.9. The van der Waals surface area contributed by atoms with Gasteiger partial charge in [-0.3, -0.25) is 13.9 Å². The number of benzene rings is 1. The Morgan fingerprint density at radius 2 is 2.00 bits per heavy atom. The van der Waals surface area contributed by atoms with Crippen LogP contribution in [0, 0.1) is 12.7 Å². The van der Waals surface area contributed by atoms with Gasteiger partial charge in [0.25, 0.3) is 5.56 Å². The number of fused-ring (bicyclic) bond motifs is 1. The van der Waals surface area contributed by atoms with Crippen LogP contribution in [0.3, 0.4) is 0 Å². The normalized spacial score (nSPS) is 12.0. The Morgan fingerprint density at radius 1 is 1.21 bits per heavy atom. The number of nitrogens with zero attached hydrogens (tertiary/aromatic N) is 4. The Kier molecular flexibility index (Phi) is 4.73. The maximum atomic E-state index is 14.3. The molecule has 150 valence electrons. The number of aryl methyl sites for hydroxylation is 1. The van der Waals surface area contributed by atoms with Crippen molar-refractivity contribution in [1.29, 1.82) is 0 Å². The number of rotatable bonds is 4. The predicted molar refractivity (Wildman–Crippen MR) is 99.6 cm³/mol. The molecule has 29 heavy (non-hydrogen) atoms. The van der Waals surface area contributed by atoms with Crippen LogP contribution in [0.4, 0.5) is 17.6 Å². The Labute approximate surface area is 165 Å². The molecule has 10 heteroatoms. The molecule has 0 saturated heterocycles. The lowest BCUT2D eigenvalue weighted by molar-refractivity contribution is -0.140. The molecule has 3 heterocycles. The van der Waals surface area contributed by atoms with Gasteiger partial charge in [0.2, 0.25) is 0 Å². The van der Waals surface area contributed by atoms with E-state index >= 15 is 0 Å². The van der Waals surface area contributed by atoms with E-state index in [1.54, 1.807) is 23.1 Å². The second kappa shape index (κ2) is 7.11. The van der Waals surface area contributed by atoms with Gasteiger partial charge >= 0.3 is 6.18 Å². The maximum Gasteiger partial charge on any atom is 0.419 e. The second-order valence-electron chi connectivity index (χ2n) is 6.47. The summed E-state index contributed by atoms with van der Waals surface area (Å²) in [6.45, 7) is 2.23. The highest BCUT2D eigenvalue weighted by Gasteiger charge is 2.34. The van der Waals surface area contributed by atoms with Crippen LogP contribution in [0.5, 0.6) is 0 Å².